The Kier molecular flexibility index (Phi) is 3.83. The lowest BCUT2D eigenvalue weighted by Gasteiger charge is -2.19. The molecule has 1 aromatic heterocycles. The van der Waals surface area contributed by atoms with Crippen LogP contribution < -0.4 is 5.73 Å². The molecule has 0 fully saturated rings. The summed E-state index contributed by atoms with van der Waals surface area (Å²) in [6.45, 7) is 6.25. The van der Waals surface area contributed by atoms with Crippen LogP contribution in [0.1, 0.15) is 26.5 Å². The Labute approximate surface area is 126 Å². The highest BCUT2D eigenvalue weighted by Gasteiger charge is 2.18. The lowest BCUT2D eigenvalue weighted by Crippen LogP contribution is -2.15. The number of benzene rings is 1. The fraction of sp³-hybridized carbons (Fsp3) is 0.286. The molecule has 0 aliphatic rings. The summed E-state index contributed by atoms with van der Waals surface area (Å²) in [6.07, 6.45) is 0. The minimum atomic E-state index is -0.0930. The van der Waals surface area contributed by atoms with Gasteiger partial charge in [-0.2, -0.15) is 0 Å². The van der Waals surface area contributed by atoms with Crippen molar-refractivity contribution in [1.29, 1.82) is 0 Å². The van der Waals surface area contributed by atoms with Gasteiger partial charge in [0.05, 0.1) is 10.7 Å². The zero-order valence-corrected chi connectivity index (χ0v) is 13.4. The standard InChI is InChI=1S/C14H15BrClN3/c1-14(2,3)11-7-12(17)19-13(18-11)9-6-8(15)4-5-10(9)16/h4-7H,1-3H3,(H2,17,18,19). The topological polar surface area (TPSA) is 51.8 Å². The monoisotopic (exact) mass is 339 g/mol. The summed E-state index contributed by atoms with van der Waals surface area (Å²) in [6, 6.07) is 7.38. The molecular weight excluding hydrogens is 326 g/mol. The van der Waals surface area contributed by atoms with E-state index in [0.29, 0.717) is 16.7 Å². The van der Waals surface area contributed by atoms with Crippen molar-refractivity contribution in [3.63, 3.8) is 0 Å². The maximum atomic E-state index is 6.21. The third-order valence-electron chi connectivity index (χ3n) is 2.68. The summed E-state index contributed by atoms with van der Waals surface area (Å²) in [5.41, 5.74) is 7.45. The van der Waals surface area contributed by atoms with Gasteiger partial charge < -0.3 is 5.73 Å². The Morgan fingerprint density at radius 1 is 1.16 bits per heavy atom. The second kappa shape index (κ2) is 5.10. The fourth-order valence-corrected chi connectivity index (χ4v) is 2.20. The van der Waals surface area contributed by atoms with E-state index in [-0.39, 0.29) is 5.41 Å². The van der Waals surface area contributed by atoms with Gasteiger partial charge in [-0.1, -0.05) is 48.3 Å². The Balaban J connectivity index is 2.63. The second-order valence-corrected chi connectivity index (χ2v) is 6.70. The van der Waals surface area contributed by atoms with E-state index in [4.69, 9.17) is 17.3 Å². The van der Waals surface area contributed by atoms with Crippen LogP contribution in [0.3, 0.4) is 0 Å². The molecule has 0 radical (unpaired) electrons. The van der Waals surface area contributed by atoms with Crippen LogP contribution in [0, 0.1) is 0 Å². The first-order valence-corrected chi connectivity index (χ1v) is 7.05. The van der Waals surface area contributed by atoms with Crippen molar-refractivity contribution in [2.24, 2.45) is 0 Å². The molecule has 3 nitrogen and oxygen atoms in total. The van der Waals surface area contributed by atoms with Gasteiger partial charge in [-0.05, 0) is 18.2 Å². The molecule has 0 unspecified atom stereocenters. The average Bonchev–Trinajstić information content (AvgIpc) is 2.30. The van der Waals surface area contributed by atoms with Gasteiger partial charge in [-0.15, -0.1) is 0 Å². The van der Waals surface area contributed by atoms with Crippen molar-refractivity contribution < 1.29 is 0 Å². The molecule has 0 aliphatic carbocycles. The molecule has 2 rings (SSSR count). The zero-order valence-electron chi connectivity index (χ0n) is 11.0. The van der Waals surface area contributed by atoms with Gasteiger partial charge in [0.15, 0.2) is 5.82 Å². The summed E-state index contributed by atoms with van der Waals surface area (Å²) in [5.74, 6) is 1.00. The molecule has 0 bridgehead atoms. The number of rotatable bonds is 1. The van der Waals surface area contributed by atoms with Gasteiger partial charge in [0.2, 0.25) is 0 Å². The number of hydrogen-bond acceptors (Lipinski definition) is 3. The Morgan fingerprint density at radius 3 is 2.47 bits per heavy atom. The predicted octanol–water partition coefficient (Wildman–Crippen LogP) is 4.44. The first-order chi connectivity index (χ1) is 8.77. The number of nitrogens with zero attached hydrogens (tertiary/aromatic N) is 2. The SMILES string of the molecule is CC(C)(C)c1cc(N)nc(-c2cc(Br)ccc2Cl)n1. The van der Waals surface area contributed by atoms with E-state index in [0.717, 1.165) is 15.7 Å². The van der Waals surface area contributed by atoms with E-state index in [2.05, 4.69) is 46.7 Å². The smallest absolute Gasteiger partial charge is 0.163 e. The number of aromatic nitrogens is 2. The number of halogens is 2. The first-order valence-electron chi connectivity index (χ1n) is 5.88. The summed E-state index contributed by atoms with van der Waals surface area (Å²) >= 11 is 9.63. The maximum absolute atomic E-state index is 6.21. The zero-order chi connectivity index (χ0) is 14.2. The molecule has 100 valence electrons. The lowest BCUT2D eigenvalue weighted by atomic mass is 9.92. The molecule has 0 saturated heterocycles. The minimum Gasteiger partial charge on any atom is -0.384 e. The van der Waals surface area contributed by atoms with Gasteiger partial charge in [0, 0.05) is 21.5 Å². The third-order valence-corrected chi connectivity index (χ3v) is 3.51. The maximum Gasteiger partial charge on any atom is 0.163 e. The number of hydrogen-bond donors (Lipinski definition) is 1. The summed E-state index contributed by atoms with van der Waals surface area (Å²) in [4.78, 5) is 8.86. The molecule has 2 N–H and O–H groups in total. The summed E-state index contributed by atoms with van der Waals surface area (Å²) in [7, 11) is 0. The Hall–Kier alpha value is -1.13. The average molecular weight is 341 g/mol. The minimum absolute atomic E-state index is 0.0930. The van der Waals surface area contributed by atoms with Crippen LogP contribution in [-0.2, 0) is 5.41 Å². The van der Waals surface area contributed by atoms with Crippen molar-refractivity contribution in [2.75, 3.05) is 5.73 Å². The van der Waals surface area contributed by atoms with Crippen molar-refractivity contribution in [2.45, 2.75) is 26.2 Å². The fourth-order valence-electron chi connectivity index (χ4n) is 1.64. The molecule has 5 heteroatoms. The van der Waals surface area contributed by atoms with Crippen LogP contribution in [0.4, 0.5) is 5.82 Å². The van der Waals surface area contributed by atoms with E-state index in [1.165, 1.54) is 0 Å². The number of nitrogens with two attached hydrogens (primary N) is 1. The van der Waals surface area contributed by atoms with Gasteiger partial charge in [-0.3, -0.25) is 0 Å². The van der Waals surface area contributed by atoms with Gasteiger partial charge in [0.1, 0.15) is 5.82 Å². The molecule has 0 saturated carbocycles. The quantitative estimate of drug-likeness (QED) is 0.835. The summed E-state index contributed by atoms with van der Waals surface area (Å²) in [5, 5.41) is 0.605. The predicted molar refractivity (Wildman–Crippen MR) is 83.3 cm³/mol. The first kappa shape index (κ1) is 14.3. The highest BCUT2D eigenvalue weighted by Crippen LogP contribution is 2.31. The van der Waals surface area contributed by atoms with Crippen molar-refractivity contribution in [3.8, 4) is 11.4 Å². The Bertz CT molecular complexity index is 621. The molecule has 19 heavy (non-hydrogen) atoms. The van der Waals surface area contributed by atoms with Crippen LogP contribution in [0.5, 0.6) is 0 Å². The number of nitrogen functional groups attached to an aromatic ring is 1. The van der Waals surface area contributed by atoms with Crippen LogP contribution in [0.15, 0.2) is 28.7 Å². The normalized spacial score (nSPS) is 11.6. The molecule has 0 amide bonds. The van der Waals surface area contributed by atoms with Crippen molar-refractivity contribution in [1.82, 2.24) is 9.97 Å². The Morgan fingerprint density at radius 2 is 1.84 bits per heavy atom. The molecule has 0 aliphatic heterocycles. The van der Waals surface area contributed by atoms with Gasteiger partial charge in [-0.25, -0.2) is 9.97 Å². The highest BCUT2D eigenvalue weighted by molar-refractivity contribution is 9.10. The van der Waals surface area contributed by atoms with Crippen LogP contribution in [0.25, 0.3) is 11.4 Å². The van der Waals surface area contributed by atoms with E-state index in [1.54, 1.807) is 6.07 Å². The molecule has 1 aromatic carbocycles. The molecular formula is C14H15BrClN3. The van der Waals surface area contributed by atoms with Gasteiger partial charge >= 0.3 is 0 Å². The second-order valence-electron chi connectivity index (χ2n) is 5.38. The van der Waals surface area contributed by atoms with E-state index in [1.807, 2.05) is 18.2 Å². The van der Waals surface area contributed by atoms with Crippen LogP contribution in [-0.4, -0.2) is 9.97 Å². The molecule has 1 heterocycles. The number of anilines is 1. The highest BCUT2D eigenvalue weighted by atomic mass is 79.9. The van der Waals surface area contributed by atoms with Crippen LogP contribution >= 0.6 is 27.5 Å². The van der Waals surface area contributed by atoms with Crippen molar-refractivity contribution in [3.05, 3.63) is 39.5 Å². The molecule has 0 atom stereocenters. The summed E-state index contributed by atoms with van der Waals surface area (Å²) < 4.78 is 0.926. The van der Waals surface area contributed by atoms with Crippen molar-refractivity contribution >= 4 is 33.3 Å². The van der Waals surface area contributed by atoms with E-state index < -0.39 is 0 Å². The third kappa shape index (κ3) is 3.25. The lowest BCUT2D eigenvalue weighted by molar-refractivity contribution is 0.568. The molecule has 2 aromatic rings. The van der Waals surface area contributed by atoms with Crippen LogP contribution in [0.2, 0.25) is 5.02 Å². The molecule has 0 spiro atoms. The van der Waals surface area contributed by atoms with E-state index >= 15 is 0 Å². The van der Waals surface area contributed by atoms with Gasteiger partial charge in [0.25, 0.3) is 0 Å². The van der Waals surface area contributed by atoms with E-state index in [9.17, 15) is 0 Å². The largest absolute Gasteiger partial charge is 0.384 e.